The maximum atomic E-state index is 12.4. The number of halogens is 1. The van der Waals surface area contributed by atoms with Crippen LogP contribution in [0.3, 0.4) is 0 Å². The molecule has 9 heteroatoms. The number of nitrogens with zero attached hydrogens (tertiary/aromatic N) is 1. The lowest BCUT2D eigenvalue weighted by Gasteiger charge is -2.32. The van der Waals surface area contributed by atoms with Crippen LogP contribution in [0, 0.1) is 0 Å². The minimum atomic E-state index is -3.54. The maximum absolute atomic E-state index is 12.4. The van der Waals surface area contributed by atoms with Gasteiger partial charge in [0, 0.05) is 31.4 Å². The van der Waals surface area contributed by atoms with Gasteiger partial charge in [0.1, 0.15) is 4.21 Å². The van der Waals surface area contributed by atoms with Crippen LogP contribution in [0.25, 0.3) is 0 Å². The Bertz CT molecular complexity index is 823. The number of hydrogen-bond donors (Lipinski definition) is 2. The van der Waals surface area contributed by atoms with E-state index in [1.54, 1.807) is 41.8 Å². The van der Waals surface area contributed by atoms with Gasteiger partial charge in [-0.2, -0.15) is 0 Å². The molecule has 1 aliphatic rings. The van der Waals surface area contributed by atoms with E-state index in [-0.39, 0.29) is 22.5 Å². The molecule has 1 aromatic heterocycles. The Morgan fingerprint density at radius 2 is 2.04 bits per heavy atom. The normalized spacial score (nSPS) is 17.4. The quantitative estimate of drug-likeness (QED) is 0.785. The summed E-state index contributed by atoms with van der Waals surface area (Å²) in [5.41, 5.74) is 1.36. The average molecular weight is 416 g/mol. The summed E-state index contributed by atoms with van der Waals surface area (Å²) in [5, 5.41) is 5.04. The minimum Gasteiger partial charge on any atom is -0.340 e. The van der Waals surface area contributed by atoms with E-state index in [0.717, 1.165) is 25.2 Å². The molecule has 2 aromatic rings. The first-order chi connectivity index (χ1) is 11.9. The first kappa shape index (κ1) is 20.7. The zero-order valence-electron chi connectivity index (χ0n) is 14.3. The van der Waals surface area contributed by atoms with E-state index in [1.165, 1.54) is 11.3 Å². The Labute approximate surface area is 164 Å². The molecular weight excluding hydrogens is 394 g/mol. The molecule has 3 rings (SSSR count). The van der Waals surface area contributed by atoms with Crippen LogP contribution in [0.4, 0.5) is 5.69 Å². The van der Waals surface area contributed by atoms with Gasteiger partial charge in [-0.15, -0.1) is 23.7 Å². The molecule has 1 saturated heterocycles. The number of carbonyl (C=O) groups excluding carboxylic acids is 1. The van der Waals surface area contributed by atoms with Crippen molar-refractivity contribution < 1.29 is 13.2 Å². The summed E-state index contributed by atoms with van der Waals surface area (Å²) in [4.78, 5) is 14.2. The van der Waals surface area contributed by atoms with E-state index in [1.807, 2.05) is 4.90 Å². The van der Waals surface area contributed by atoms with Gasteiger partial charge in [0.05, 0.1) is 6.42 Å². The van der Waals surface area contributed by atoms with Crippen molar-refractivity contribution in [2.45, 2.75) is 23.6 Å². The highest BCUT2D eigenvalue weighted by Gasteiger charge is 2.20. The summed E-state index contributed by atoms with van der Waals surface area (Å²) in [6.45, 7) is 4.32. The Morgan fingerprint density at radius 3 is 2.65 bits per heavy atom. The molecule has 142 valence electrons. The largest absolute Gasteiger partial charge is 0.340 e. The van der Waals surface area contributed by atoms with Crippen molar-refractivity contribution in [1.82, 2.24) is 10.2 Å². The van der Waals surface area contributed by atoms with E-state index >= 15 is 0 Å². The number of sulfonamides is 1. The third-order valence-corrected chi connectivity index (χ3v) is 6.82. The number of benzene rings is 1. The van der Waals surface area contributed by atoms with Crippen molar-refractivity contribution >= 4 is 45.4 Å². The molecule has 1 fully saturated rings. The summed E-state index contributed by atoms with van der Waals surface area (Å²) in [6, 6.07) is 10.5. The van der Waals surface area contributed by atoms with E-state index < -0.39 is 10.0 Å². The molecule has 1 atom stereocenters. The number of piperazine rings is 1. The molecule has 2 N–H and O–H groups in total. The molecule has 0 aliphatic carbocycles. The van der Waals surface area contributed by atoms with Crippen molar-refractivity contribution in [3.05, 3.63) is 47.3 Å². The van der Waals surface area contributed by atoms with Crippen molar-refractivity contribution in [1.29, 1.82) is 0 Å². The molecular formula is C17H22ClN3O3S2. The van der Waals surface area contributed by atoms with Crippen LogP contribution in [0.2, 0.25) is 0 Å². The average Bonchev–Trinajstić information content (AvgIpc) is 3.12. The molecule has 0 bridgehead atoms. The SMILES string of the molecule is CC1CN(C(=O)Cc2ccc(NS(=O)(=O)c3cccs3)cc2)CCN1.Cl. The van der Waals surface area contributed by atoms with Crippen LogP contribution in [0.15, 0.2) is 46.0 Å². The molecule has 1 aromatic carbocycles. The zero-order valence-corrected chi connectivity index (χ0v) is 16.8. The van der Waals surface area contributed by atoms with E-state index in [4.69, 9.17) is 0 Å². The lowest BCUT2D eigenvalue weighted by Crippen LogP contribution is -2.51. The summed E-state index contributed by atoms with van der Waals surface area (Å²) in [7, 11) is -3.54. The number of hydrogen-bond acceptors (Lipinski definition) is 5. The van der Waals surface area contributed by atoms with Crippen LogP contribution in [0.1, 0.15) is 12.5 Å². The zero-order chi connectivity index (χ0) is 17.9. The number of anilines is 1. The number of rotatable bonds is 5. The summed E-state index contributed by atoms with van der Waals surface area (Å²) in [5.74, 6) is 0.0975. The topological polar surface area (TPSA) is 78.5 Å². The fourth-order valence-corrected chi connectivity index (χ4v) is 4.81. The van der Waals surface area contributed by atoms with Gasteiger partial charge in [0.15, 0.2) is 0 Å². The van der Waals surface area contributed by atoms with Crippen LogP contribution >= 0.6 is 23.7 Å². The molecule has 2 heterocycles. The lowest BCUT2D eigenvalue weighted by molar-refractivity contribution is -0.131. The van der Waals surface area contributed by atoms with Crippen LogP contribution in [-0.2, 0) is 21.2 Å². The second-order valence-electron chi connectivity index (χ2n) is 6.11. The smallest absolute Gasteiger partial charge is 0.271 e. The van der Waals surface area contributed by atoms with Gasteiger partial charge in [-0.3, -0.25) is 9.52 Å². The molecule has 0 spiro atoms. The molecule has 1 aliphatic heterocycles. The van der Waals surface area contributed by atoms with E-state index in [9.17, 15) is 13.2 Å². The van der Waals surface area contributed by atoms with Crippen LogP contribution in [0.5, 0.6) is 0 Å². The van der Waals surface area contributed by atoms with Gasteiger partial charge in [-0.1, -0.05) is 18.2 Å². The summed E-state index contributed by atoms with van der Waals surface area (Å²) in [6.07, 6.45) is 0.324. The number of carbonyl (C=O) groups is 1. The number of amides is 1. The highest BCUT2D eigenvalue weighted by atomic mass is 35.5. The minimum absolute atomic E-state index is 0. The third-order valence-electron chi connectivity index (χ3n) is 4.04. The van der Waals surface area contributed by atoms with Gasteiger partial charge in [0.25, 0.3) is 10.0 Å². The number of thiophene rings is 1. The van der Waals surface area contributed by atoms with Gasteiger partial charge < -0.3 is 10.2 Å². The highest BCUT2D eigenvalue weighted by molar-refractivity contribution is 7.94. The molecule has 0 radical (unpaired) electrons. The Morgan fingerprint density at radius 1 is 1.31 bits per heavy atom. The van der Waals surface area contributed by atoms with Crippen molar-refractivity contribution in [2.24, 2.45) is 0 Å². The fraction of sp³-hybridized carbons (Fsp3) is 0.353. The monoisotopic (exact) mass is 415 g/mol. The summed E-state index contributed by atoms with van der Waals surface area (Å²) >= 11 is 1.17. The maximum Gasteiger partial charge on any atom is 0.271 e. The Hall–Kier alpha value is -1.61. The van der Waals surface area contributed by atoms with E-state index in [0.29, 0.717) is 18.2 Å². The standard InChI is InChI=1S/C17H21N3O3S2.ClH/c1-13-12-20(9-8-18-13)16(21)11-14-4-6-15(7-5-14)19-25(22,23)17-3-2-10-24-17;/h2-7,10,13,18-19H,8-9,11-12H2,1H3;1H. The van der Waals surface area contributed by atoms with E-state index in [2.05, 4.69) is 17.0 Å². The third kappa shape index (κ3) is 5.20. The van der Waals surface area contributed by atoms with Crippen molar-refractivity contribution in [3.8, 4) is 0 Å². The van der Waals surface area contributed by atoms with Crippen LogP contribution in [-0.4, -0.2) is 44.9 Å². The first-order valence-electron chi connectivity index (χ1n) is 8.10. The lowest BCUT2D eigenvalue weighted by atomic mass is 10.1. The molecule has 26 heavy (non-hydrogen) atoms. The van der Waals surface area contributed by atoms with Gasteiger partial charge in [-0.25, -0.2) is 8.42 Å². The first-order valence-corrected chi connectivity index (χ1v) is 10.5. The molecule has 0 saturated carbocycles. The highest BCUT2D eigenvalue weighted by Crippen LogP contribution is 2.20. The molecule has 1 unspecified atom stereocenters. The van der Waals surface area contributed by atoms with Crippen molar-refractivity contribution in [2.75, 3.05) is 24.4 Å². The molecule has 1 amide bonds. The Kier molecular flexibility index (Phi) is 7.05. The number of nitrogens with one attached hydrogen (secondary N) is 2. The molecule has 6 nitrogen and oxygen atoms in total. The predicted octanol–water partition coefficient (Wildman–Crippen LogP) is 2.33. The second-order valence-corrected chi connectivity index (χ2v) is 8.96. The predicted molar refractivity (Wildman–Crippen MR) is 107 cm³/mol. The summed E-state index contributed by atoms with van der Waals surface area (Å²) < 4.78 is 27.2. The second kappa shape index (κ2) is 8.85. The van der Waals surface area contributed by atoms with Gasteiger partial charge >= 0.3 is 0 Å². The van der Waals surface area contributed by atoms with Gasteiger partial charge in [0.2, 0.25) is 5.91 Å². The van der Waals surface area contributed by atoms with Crippen LogP contribution < -0.4 is 10.0 Å². The Balaban J connectivity index is 0.00000243. The fourth-order valence-electron chi connectivity index (χ4n) is 2.76. The van der Waals surface area contributed by atoms with Crippen molar-refractivity contribution in [3.63, 3.8) is 0 Å². The van der Waals surface area contributed by atoms with Gasteiger partial charge in [-0.05, 0) is 36.1 Å².